The van der Waals surface area contributed by atoms with Crippen molar-refractivity contribution in [2.75, 3.05) is 26.7 Å². The summed E-state index contributed by atoms with van der Waals surface area (Å²) in [5.41, 5.74) is 0. The summed E-state index contributed by atoms with van der Waals surface area (Å²) >= 11 is 0. The molecule has 1 N–H and O–H groups in total. The number of nitrogens with zero attached hydrogens (tertiary/aromatic N) is 1. The van der Waals surface area contributed by atoms with Gasteiger partial charge >= 0.3 is 0 Å². The monoisotopic (exact) mass is 254 g/mol. The van der Waals surface area contributed by atoms with Gasteiger partial charge in [0.05, 0.1) is 6.10 Å². The first kappa shape index (κ1) is 13.3. The van der Waals surface area contributed by atoms with Crippen molar-refractivity contribution < 1.29 is 14.3 Å². The Balaban J connectivity index is 1.66. The summed E-state index contributed by atoms with van der Waals surface area (Å²) in [4.78, 5) is 25.1. The van der Waals surface area contributed by atoms with Crippen molar-refractivity contribution in [1.29, 1.82) is 0 Å². The molecule has 2 rings (SSSR count). The fourth-order valence-electron chi connectivity index (χ4n) is 2.54. The molecule has 2 aliphatic heterocycles. The van der Waals surface area contributed by atoms with Crippen molar-refractivity contribution in [3.05, 3.63) is 0 Å². The van der Waals surface area contributed by atoms with Gasteiger partial charge in [-0.05, 0) is 25.7 Å². The van der Waals surface area contributed by atoms with Gasteiger partial charge in [0.2, 0.25) is 11.8 Å². The molecule has 0 unspecified atom stereocenters. The van der Waals surface area contributed by atoms with Crippen molar-refractivity contribution in [3.8, 4) is 0 Å². The van der Waals surface area contributed by atoms with Crippen molar-refractivity contribution >= 4 is 11.8 Å². The number of ether oxygens (including phenoxy) is 1. The first-order chi connectivity index (χ1) is 8.66. The van der Waals surface area contributed by atoms with E-state index >= 15 is 0 Å². The molecule has 5 nitrogen and oxygen atoms in total. The second-order valence-electron chi connectivity index (χ2n) is 5.22. The lowest BCUT2D eigenvalue weighted by Crippen LogP contribution is -2.42. The van der Waals surface area contributed by atoms with Crippen LogP contribution in [-0.2, 0) is 14.3 Å². The highest BCUT2D eigenvalue weighted by molar-refractivity contribution is 5.86. The fraction of sp³-hybridized carbons (Fsp3) is 0.846. The van der Waals surface area contributed by atoms with Crippen molar-refractivity contribution in [2.45, 2.75) is 38.2 Å². The lowest BCUT2D eigenvalue weighted by Gasteiger charge is -2.28. The minimum absolute atomic E-state index is 0.0226. The third-order valence-electron chi connectivity index (χ3n) is 3.82. The molecule has 0 spiro atoms. The van der Waals surface area contributed by atoms with Crippen LogP contribution in [0.15, 0.2) is 0 Å². The Hall–Kier alpha value is -1.10. The van der Waals surface area contributed by atoms with Gasteiger partial charge in [-0.2, -0.15) is 0 Å². The number of hydrogen-bond donors (Lipinski definition) is 1. The Morgan fingerprint density at radius 1 is 1.50 bits per heavy atom. The number of hydrogen-bond acceptors (Lipinski definition) is 3. The minimum atomic E-state index is -0.141. The maximum atomic E-state index is 11.9. The molecule has 102 valence electrons. The van der Waals surface area contributed by atoms with Crippen LogP contribution in [0.3, 0.4) is 0 Å². The number of carbonyl (C=O) groups excluding carboxylic acids is 2. The van der Waals surface area contributed by atoms with E-state index in [0.29, 0.717) is 25.6 Å². The average Bonchev–Trinajstić information content (AvgIpc) is 2.85. The molecule has 0 aromatic heterocycles. The topological polar surface area (TPSA) is 58.6 Å². The van der Waals surface area contributed by atoms with Gasteiger partial charge in [-0.25, -0.2) is 0 Å². The van der Waals surface area contributed by atoms with Crippen molar-refractivity contribution in [1.82, 2.24) is 10.2 Å². The van der Waals surface area contributed by atoms with Crippen LogP contribution in [0.2, 0.25) is 0 Å². The molecular weight excluding hydrogens is 232 g/mol. The highest BCUT2D eigenvalue weighted by Crippen LogP contribution is 2.18. The zero-order valence-electron chi connectivity index (χ0n) is 11.0. The van der Waals surface area contributed by atoms with Crippen molar-refractivity contribution in [2.24, 2.45) is 5.92 Å². The third-order valence-corrected chi connectivity index (χ3v) is 3.82. The lowest BCUT2D eigenvalue weighted by atomic mass is 9.95. The summed E-state index contributed by atoms with van der Waals surface area (Å²) in [5.74, 6) is -0.0480. The van der Waals surface area contributed by atoms with Crippen LogP contribution in [-0.4, -0.2) is 49.6 Å². The second-order valence-corrected chi connectivity index (χ2v) is 5.22. The second kappa shape index (κ2) is 6.18. The first-order valence-electron chi connectivity index (χ1n) is 6.80. The minimum Gasteiger partial charge on any atom is -0.378 e. The molecule has 0 bridgehead atoms. The number of nitrogens with one attached hydrogen (secondary N) is 1. The number of carbonyl (C=O) groups is 2. The summed E-state index contributed by atoms with van der Waals surface area (Å²) in [6, 6.07) is 0. The zero-order valence-corrected chi connectivity index (χ0v) is 11.0. The van der Waals surface area contributed by atoms with Crippen LogP contribution in [0.5, 0.6) is 0 Å². The van der Waals surface area contributed by atoms with Crippen LogP contribution in [0, 0.1) is 5.92 Å². The van der Waals surface area contributed by atoms with E-state index in [2.05, 4.69) is 5.32 Å². The average molecular weight is 254 g/mol. The Labute approximate surface area is 108 Å². The molecule has 2 amide bonds. The Bertz CT molecular complexity index is 313. The molecule has 0 aliphatic carbocycles. The van der Waals surface area contributed by atoms with Crippen LogP contribution in [0.4, 0.5) is 0 Å². The molecule has 2 saturated heterocycles. The van der Waals surface area contributed by atoms with Gasteiger partial charge in [0, 0.05) is 39.1 Å². The number of amides is 2. The van der Waals surface area contributed by atoms with E-state index in [1.54, 1.807) is 11.9 Å². The molecule has 2 atom stereocenters. The Kier molecular flexibility index (Phi) is 4.58. The van der Waals surface area contributed by atoms with E-state index in [-0.39, 0.29) is 17.7 Å². The van der Waals surface area contributed by atoms with Crippen LogP contribution < -0.4 is 5.32 Å². The summed E-state index contributed by atoms with van der Waals surface area (Å²) in [6.07, 6.45) is 4.54. The van der Waals surface area contributed by atoms with E-state index in [4.69, 9.17) is 4.74 Å². The highest BCUT2D eigenvalue weighted by Gasteiger charge is 2.28. The summed E-state index contributed by atoms with van der Waals surface area (Å²) in [5, 5.41) is 2.92. The maximum Gasteiger partial charge on any atom is 0.223 e. The number of piperidine rings is 1. The molecule has 0 aromatic carbocycles. The highest BCUT2D eigenvalue weighted by atomic mass is 16.5. The molecule has 2 heterocycles. The quantitative estimate of drug-likeness (QED) is 0.796. The smallest absolute Gasteiger partial charge is 0.223 e. The van der Waals surface area contributed by atoms with Gasteiger partial charge in [-0.15, -0.1) is 0 Å². The molecular formula is C13H22N2O3. The van der Waals surface area contributed by atoms with Crippen molar-refractivity contribution in [3.63, 3.8) is 0 Å². The van der Waals surface area contributed by atoms with Gasteiger partial charge in [-0.3, -0.25) is 9.59 Å². The molecule has 2 fully saturated rings. The lowest BCUT2D eigenvalue weighted by molar-refractivity contribution is -0.139. The molecule has 0 aromatic rings. The molecule has 5 heteroatoms. The van der Waals surface area contributed by atoms with E-state index < -0.39 is 0 Å². The summed E-state index contributed by atoms with van der Waals surface area (Å²) in [7, 11) is 1.79. The predicted molar refractivity (Wildman–Crippen MR) is 67.0 cm³/mol. The van der Waals surface area contributed by atoms with Gasteiger partial charge < -0.3 is 15.0 Å². The van der Waals surface area contributed by atoms with Gasteiger partial charge in [0.1, 0.15) is 0 Å². The Morgan fingerprint density at radius 2 is 2.33 bits per heavy atom. The van der Waals surface area contributed by atoms with Crippen LogP contribution >= 0.6 is 0 Å². The molecule has 0 saturated carbocycles. The SMILES string of the molecule is CN1CC[C@@H](C(=O)NCC[C@H]2CCCO2)CC1=O. The molecule has 0 radical (unpaired) electrons. The first-order valence-corrected chi connectivity index (χ1v) is 6.80. The fourth-order valence-corrected chi connectivity index (χ4v) is 2.54. The normalized spacial score (nSPS) is 28.5. The third kappa shape index (κ3) is 3.45. The zero-order chi connectivity index (χ0) is 13.0. The van der Waals surface area contributed by atoms with E-state index in [0.717, 1.165) is 32.3 Å². The van der Waals surface area contributed by atoms with E-state index in [1.807, 2.05) is 0 Å². The molecule has 2 aliphatic rings. The number of likely N-dealkylation sites (tertiary alicyclic amines) is 1. The van der Waals surface area contributed by atoms with Gasteiger partial charge in [0.25, 0.3) is 0 Å². The molecule has 18 heavy (non-hydrogen) atoms. The van der Waals surface area contributed by atoms with E-state index in [1.165, 1.54) is 0 Å². The number of rotatable bonds is 4. The Morgan fingerprint density at radius 3 is 3.00 bits per heavy atom. The predicted octanol–water partition coefficient (Wildman–Crippen LogP) is 0.540. The largest absolute Gasteiger partial charge is 0.378 e. The standard InChI is InChI=1S/C13H22N2O3/c1-15-7-5-10(9-12(15)16)13(17)14-6-4-11-3-2-8-18-11/h10-11H,2-9H2,1H3,(H,14,17)/t10-,11-/m1/s1. The van der Waals surface area contributed by atoms with Gasteiger partial charge in [-0.1, -0.05) is 0 Å². The van der Waals surface area contributed by atoms with Crippen LogP contribution in [0.1, 0.15) is 32.1 Å². The van der Waals surface area contributed by atoms with Gasteiger partial charge in [0.15, 0.2) is 0 Å². The maximum absolute atomic E-state index is 11.9. The van der Waals surface area contributed by atoms with Crippen LogP contribution in [0.25, 0.3) is 0 Å². The summed E-state index contributed by atoms with van der Waals surface area (Å²) < 4.78 is 5.50. The summed E-state index contributed by atoms with van der Waals surface area (Å²) in [6.45, 7) is 2.19. The van der Waals surface area contributed by atoms with E-state index in [9.17, 15) is 9.59 Å².